The molecule has 0 spiro atoms. The van der Waals surface area contributed by atoms with Crippen molar-refractivity contribution < 1.29 is 101 Å². The van der Waals surface area contributed by atoms with Crippen molar-refractivity contribution in [2.24, 2.45) is 7.05 Å². The minimum absolute atomic E-state index is 0. The summed E-state index contributed by atoms with van der Waals surface area (Å²) in [5.41, 5.74) is -1.06. The maximum Gasteiger partial charge on any atom is 1.00 e. The summed E-state index contributed by atoms with van der Waals surface area (Å²) in [6, 6.07) is 6.50. The number of urea groups is 1. The van der Waals surface area contributed by atoms with E-state index in [0.717, 1.165) is 34.9 Å². The molecule has 3 aromatic rings. The third kappa shape index (κ3) is 9.26. The average molecular weight is 567 g/mol. The monoisotopic (exact) mass is 567 g/mol. The van der Waals surface area contributed by atoms with Gasteiger partial charge in [0.2, 0.25) is 0 Å². The first-order valence-corrected chi connectivity index (χ1v) is 10.6. The van der Waals surface area contributed by atoms with Gasteiger partial charge in [-0.25, -0.2) is 9.18 Å². The van der Waals surface area contributed by atoms with Gasteiger partial charge in [0.15, 0.2) is 0 Å². The summed E-state index contributed by atoms with van der Waals surface area (Å²) in [5.74, 6) is -3.92. The van der Waals surface area contributed by atoms with Gasteiger partial charge in [0.05, 0.1) is 6.04 Å². The Balaban J connectivity index is 0.00000380. The molecule has 1 heterocycles. The van der Waals surface area contributed by atoms with E-state index in [1.165, 1.54) is 32.2 Å². The van der Waals surface area contributed by atoms with Crippen LogP contribution in [0.1, 0.15) is 23.7 Å². The first-order chi connectivity index (χ1) is 17.2. The number of nitrogens with one attached hydrogen (secondary N) is 2. The van der Waals surface area contributed by atoms with Crippen LogP contribution in [0.5, 0.6) is 11.5 Å². The molecule has 0 saturated carbocycles. The van der Waals surface area contributed by atoms with Crippen LogP contribution in [0.3, 0.4) is 0 Å². The molecule has 0 aliphatic rings. The molecule has 0 aliphatic carbocycles. The molecule has 15 heteroatoms. The number of aryl methyl sites for hydroxylation is 1. The van der Waals surface area contributed by atoms with Crippen LogP contribution in [0.25, 0.3) is 11.1 Å². The topological polar surface area (TPSA) is 136 Å². The molecule has 2 aromatic carbocycles. The number of ether oxygens (including phenoxy) is 1. The Kier molecular flexibility index (Phi) is 12.5. The quantitative estimate of drug-likeness (QED) is 0.225. The van der Waals surface area contributed by atoms with Gasteiger partial charge in [-0.05, 0) is 48.4 Å². The van der Waals surface area contributed by atoms with E-state index >= 15 is 0 Å². The SMILES string of the molecule is Cc1cc([O-])c(NC(=O)N[C@@H](CC(=O)[O-])c2cc(-c3cccc(OC(F)(F)F)c3)ccc2F)c(=O)n1C.[Na+].[Na+]. The first kappa shape index (κ1) is 34.5. The van der Waals surface area contributed by atoms with Crippen LogP contribution in [0, 0.1) is 12.7 Å². The molecule has 9 nitrogen and oxygen atoms in total. The molecule has 196 valence electrons. The van der Waals surface area contributed by atoms with E-state index in [4.69, 9.17) is 0 Å². The molecule has 1 aromatic heterocycles. The van der Waals surface area contributed by atoms with Crippen LogP contribution in [-0.2, 0) is 11.8 Å². The molecule has 39 heavy (non-hydrogen) atoms. The molecule has 1 atom stereocenters. The van der Waals surface area contributed by atoms with E-state index in [-0.39, 0.29) is 75.8 Å². The van der Waals surface area contributed by atoms with E-state index in [2.05, 4.69) is 15.4 Å². The number of amides is 2. The molecule has 0 saturated heterocycles. The summed E-state index contributed by atoms with van der Waals surface area (Å²) < 4.78 is 57.4. The smallest absolute Gasteiger partial charge is 0.871 e. The van der Waals surface area contributed by atoms with E-state index in [0.29, 0.717) is 5.69 Å². The van der Waals surface area contributed by atoms with E-state index in [1.54, 1.807) is 0 Å². The number of hydrogen-bond acceptors (Lipinski definition) is 6. The summed E-state index contributed by atoms with van der Waals surface area (Å²) in [6.45, 7) is 1.50. The fourth-order valence-electron chi connectivity index (χ4n) is 3.48. The number of nitrogens with zero attached hydrogens (tertiary/aromatic N) is 1. The number of alkyl halides is 3. The third-order valence-electron chi connectivity index (χ3n) is 5.32. The molecular weight excluding hydrogens is 548 g/mol. The Bertz CT molecular complexity index is 1420. The third-order valence-corrected chi connectivity index (χ3v) is 5.32. The number of anilines is 1. The fraction of sp³-hybridized carbons (Fsp3) is 0.208. The van der Waals surface area contributed by atoms with Crippen molar-refractivity contribution in [2.45, 2.75) is 25.7 Å². The molecule has 0 bridgehead atoms. The Hall–Kier alpha value is -2.55. The number of aliphatic carboxylic acids is 1. The van der Waals surface area contributed by atoms with Crippen molar-refractivity contribution in [3.8, 4) is 22.6 Å². The van der Waals surface area contributed by atoms with E-state index < -0.39 is 59.4 Å². The van der Waals surface area contributed by atoms with Crippen LogP contribution >= 0.6 is 0 Å². The first-order valence-electron chi connectivity index (χ1n) is 10.6. The number of carbonyl (C=O) groups is 2. The van der Waals surface area contributed by atoms with Crippen LogP contribution in [-0.4, -0.2) is 22.9 Å². The Morgan fingerprint density at radius 2 is 1.72 bits per heavy atom. The number of carboxylic acid groups (broad SMARTS) is 1. The summed E-state index contributed by atoms with van der Waals surface area (Å²) >= 11 is 0. The number of carboxylic acids is 1. The minimum atomic E-state index is -4.94. The molecule has 2 N–H and O–H groups in total. The maximum atomic E-state index is 14.7. The van der Waals surface area contributed by atoms with Gasteiger partial charge in [0.1, 0.15) is 17.3 Å². The van der Waals surface area contributed by atoms with E-state index in [9.17, 15) is 42.2 Å². The van der Waals surface area contributed by atoms with Crippen molar-refractivity contribution >= 4 is 17.7 Å². The van der Waals surface area contributed by atoms with Crippen LogP contribution < -0.4 is 90.3 Å². The van der Waals surface area contributed by atoms with Gasteiger partial charge in [-0.3, -0.25) is 4.79 Å². The van der Waals surface area contributed by atoms with Gasteiger partial charge >= 0.3 is 71.5 Å². The van der Waals surface area contributed by atoms with Gasteiger partial charge in [-0.1, -0.05) is 23.9 Å². The van der Waals surface area contributed by atoms with Gasteiger partial charge in [0.25, 0.3) is 5.56 Å². The van der Waals surface area contributed by atoms with Gasteiger partial charge in [0, 0.05) is 30.7 Å². The van der Waals surface area contributed by atoms with Gasteiger partial charge < -0.3 is 34.9 Å². The standard InChI is InChI=1S/C24H21F4N3O6.2Na/c1-12-8-19(32)21(22(35)31(12)2)30-23(36)29-18(11-20(33)34)16-10-14(6-7-17(16)25)13-4-3-5-15(9-13)37-24(26,27)28;;/h3-10,18,32H,11H2,1-2H3,(H,33,34)(H2,29,30,36);;/q;2*+1/p-2/t18-;;/m0../s1. The zero-order valence-electron chi connectivity index (χ0n) is 21.3. The second-order valence-corrected chi connectivity index (χ2v) is 7.93. The minimum Gasteiger partial charge on any atom is -0.871 e. The Morgan fingerprint density at radius 3 is 2.33 bits per heavy atom. The van der Waals surface area contributed by atoms with Crippen molar-refractivity contribution in [1.29, 1.82) is 0 Å². The molecular formula is C24H19F4N3Na2O6. The van der Waals surface area contributed by atoms with E-state index in [1.807, 2.05) is 0 Å². The van der Waals surface area contributed by atoms with Crippen LogP contribution in [0.2, 0.25) is 0 Å². The van der Waals surface area contributed by atoms with Crippen molar-refractivity contribution in [3.05, 3.63) is 76.0 Å². The number of halogens is 4. The number of pyridine rings is 1. The Morgan fingerprint density at radius 1 is 1.08 bits per heavy atom. The Labute approximate surface area is 263 Å². The second kappa shape index (κ2) is 14.2. The van der Waals surface area contributed by atoms with Crippen molar-refractivity contribution in [3.63, 3.8) is 0 Å². The van der Waals surface area contributed by atoms with Gasteiger partial charge in [-0.15, -0.1) is 13.2 Å². The summed E-state index contributed by atoms with van der Waals surface area (Å²) in [7, 11) is 1.37. The molecule has 0 radical (unpaired) electrons. The average Bonchev–Trinajstić information content (AvgIpc) is 2.79. The van der Waals surface area contributed by atoms with Crippen molar-refractivity contribution in [1.82, 2.24) is 9.88 Å². The van der Waals surface area contributed by atoms with Crippen molar-refractivity contribution in [2.75, 3.05) is 5.32 Å². The van der Waals surface area contributed by atoms with Crippen LogP contribution in [0.4, 0.5) is 28.0 Å². The largest absolute Gasteiger partial charge is 1.00 e. The number of aromatic nitrogens is 1. The summed E-state index contributed by atoms with van der Waals surface area (Å²) in [4.78, 5) is 36.2. The molecule has 0 unspecified atom stereocenters. The number of benzene rings is 2. The predicted octanol–water partition coefficient (Wildman–Crippen LogP) is -3.52. The normalized spacial score (nSPS) is 11.4. The summed E-state index contributed by atoms with van der Waals surface area (Å²) in [5, 5.41) is 27.7. The molecule has 3 rings (SSSR count). The molecule has 0 aliphatic heterocycles. The maximum absolute atomic E-state index is 14.7. The predicted molar refractivity (Wildman–Crippen MR) is 119 cm³/mol. The number of rotatable bonds is 7. The zero-order chi connectivity index (χ0) is 27.5. The zero-order valence-corrected chi connectivity index (χ0v) is 25.3. The number of carbonyl (C=O) groups excluding carboxylic acids is 2. The molecule has 0 fully saturated rings. The van der Waals surface area contributed by atoms with Crippen LogP contribution in [0.15, 0.2) is 53.3 Å². The fourth-order valence-corrected chi connectivity index (χ4v) is 3.48. The van der Waals surface area contributed by atoms with Gasteiger partial charge in [-0.2, -0.15) is 0 Å². The number of hydrogen-bond donors (Lipinski definition) is 2. The second-order valence-electron chi connectivity index (χ2n) is 7.93. The summed E-state index contributed by atoms with van der Waals surface area (Å²) in [6.07, 6.45) is -5.84. The molecule has 2 amide bonds.